The normalized spacial score (nSPS) is 51.5. The predicted molar refractivity (Wildman–Crippen MR) is 168 cm³/mol. The summed E-state index contributed by atoms with van der Waals surface area (Å²) in [4.78, 5) is 0. The predicted octanol–water partition coefficient (Wildman–Crippen LogP) is 4.32. The summed E-state index contributed by atoms with van der Waals surface area (Å²) in [5.41, 5.74) is -0.0846. The van der Waals surface area contributed by atoms with E-state index in [9.17, 15) is 30.6 Å². The zero-order valence-corrected chi connectivity index (χ0v) is 28.5. The van der Waals surface area contributed by atoms with E-state index in [1.54, 1.807) is 0 Å². The van der Waals surface area contributed by atoms with Crippen molar-refractivity contribution in [2.75, 3.05) is 6.61 Å². The van der Waals surface area contributed by atoms with Gasteiger partial charge in [0, 0.05) is 0 Å². The first-order chi connectivity index (χ1) is 20.3. The van der Waals surface area contributed by atoms with Crippen LogP contribution in [0.1, 0.15) is 113 Å². The molecule has 0 aromatic carbocycles. The lowest BCUT2D eigenvalue weighted by atomic mass is 9.35. The van der Waals surface area contributed by atoms with Gasteiger partial charge in [-0.1, -0.05) is 46.3 Å². The molecule has 4 aliphatic carbocycles. The average molecular weight is 623 g/mol. The Morgan fingerprint density at radius 1 is 0.886 bits per heavy atom. The molecule has 0 radical (unpaired) electrons. The standard InChI is InChI=1S/C36H62O8/c1-20(2)10-9-14-36(8,42)21-11-16-35(7)27(21)22(43-31-30(41)29(40)28(39)23(19-37)44-31)18-25-33(5)15-13-26(38)32(3,4)24(33)12-17-34(25,35)6/h10,21-31,37-42H,9,11-19H2,1-8H3/t21-,22+,23+,24-,25+,26+,27-,28+,29-,30+,31+,33-,34+,35+,36-/m0/s1. The van der Waals surface area contributed by atoms with Crippen LogP contribution in [0.2, 0.25) is 0 Å². The number of aliphatic hydroxyl groups excluding tert-OH is 5. The Hall–Kier alpha value is -0.580. The molecular weight excluding hydrogens is 560 g/mol. The van der Waals surface area contributed by atoms with Crippen LogP contribution in [0.15, 0.2) is 11.6 Å². The van der Waals surface area contributed by atoms with E-state index in [2.05, 4.69) is 54.5 Å². The second-order valence-electron chi connectivity index (χ2n) is 17.3. The van der Waals surface area contributed by atoms with Gasteiger partial charge in [-0.05, 0) is 124 Å². The Labute approximate surface area is 265 Å². The fourth-order valence-corrected chi connectivity index (χ4v) is 11.7. The summed E-state index contributed by atoms with van der Waals surface area (Å²) >= 11 is 0. The van der Waals surface area contributed by atoms with E-state index in [4.69, 9.17) is 9.47 Å². The van der Waals surface area contributed by atoms with Gasteiger partial charge in [0.25, 0.3) is 0 Å². The summed E-state index contributed by atoms with van der Waals surface area (Å²) in [6, 6.07) is 0. The molecule has 5 aliphatic rings. The van der Waals surface area contributed by atoms with Gasteiger partial charge >= 0.3 is 0 Å². The number of aliphatic hydroxyl groups is 6. The molecule has 254 valence electrons. The second-order valence-corrected chi connectivity index (χ2v) is 17.3. The molecule has 8 nitrogen and oxygen atoms in total. The first kappa shape index (κ1) is 34.7. The van der Waals surface area contributed by atoms with Crippen LogP contribution in [0, 0.1) is 45.3 Å². The molecule has 0 aromatic rings. The molecule has 5 rings (SSSR count). The fraction of sp³-hybridized carbons (Fsp3) is 0.944. The highest BCUT2D eigenvalue weighted by atomic mass is 16.7. The lowest BCUT2D eigenvalue weighted by Gasteiger charge is -2.71. The molecule has 5 fully saturated rings. The molecule has 8 heteroatoms. The van der Waals surface area contributed by atoms with Crippen molar-refractivity contribution in [2.45, 2.75) is 162 Å². The van der Waals surface area contributed by atoms with Gasteiger partial charge in [-0.3, -0.25) is 0 Å². The molecule has 4 saturated carbocycles. The zero-order valence-electron chi connectivity index (χ0n) is 28.5. The van der Waals surface area contributed by atoms with Gasteiger partial charge in [0.15, 0.2) is 6.29 Å². The maximum Gasteiger partial charge on any atom is 0.186 e. The summed E-state index contributed by atoms with van der Waals surface area (Å²) < 4.78 is 12.7. The number of allylic oxidation sites excluding steroid dienone is 2. The Morgan fingerprint density at radius 2 is 1.55 bits per heavy atom. The van der Waals surface area contributed by atoms with Gasteiger partial charge in [0.05, 0.1) is 24.4 Å². The average Bonchev–Trinajstić information content (AvgIpc) is 3.32. The molecule has 0 amide bonds. The lowest BCUT2D eigenvalue weighted by molar-refractivity contribution is -0.335. The van der Waals surface area contributed by atoms with Crippen molar-refractivity contribution in [3.05, 3.63) is 11.6 Å². The number of ether oxygens (including phenoxy) is 2. The van der Waals surface area contributed by atoms with Crippen molar-refractivity contribution < 1.29 is 40.1 Å². The molecule has 44 heavy (non-hydrogen) atoms. The van der Waals surface area contributed by atoms with Crippen molar-refractivity contribution in [1.82, 2.24) is 0 Å². The largest absolute Gasteiger partial charge is 0.394 e. The van der Waals surface area contributed by atoms with Gasteiger partial charge in [-0.15, -0.1) is 0 Å². The van der Waals surface area contributed by atoms with E-state index in [1.807, 2.05) is 6.92 Å². The van der Waals surface area contributed by atoms with Crippen molar-refractivity contribution in [1.29, 1.82) is 0 Å². The van der Waals surface area contributed by atoms with Gasteiger partial charge in [0.1, 0.15) is 24.4 Å². The summed E-state index contributed by atoms with van der Waals surface area (Å²) in [7, 11) is 0. The van der Waals surface area contributed by atoms with Gasteiger partial charge in [-0.25, -0.2) is 0 Å². The maximum atomic E-state index is 12.1. The first-order valence-corrected chi connectivity index (χ1v) is 17.3. The summed E-state index contributed by atoms with van der Waals surface area (Å²) in [5, 5.41) is 65.2. The SMILES string of the molecule is CC(C)=CCC[C@](C)(O)[C@H]1CC[C@]2(C)[C@@H]1[C@H](O[C@@H]1O[C@H](CO)[C@@H](O)[C@H](O)[C@H]1O)C[C@@H]1[C@@]3(C)CC[C@@H](O)C(C)(C)[C@@H]3CC[C@]12C. The van der Waals surface area contributed by atoms with Crippen LogP contribution in [0.3, 0.4) is 0 Å². The molecule has 0 spiro atoms. The molecule has 1 aliphatic heterocycles. The quantitative estimate of drug-likeness (QED) is 0.182. The maximum absolute atomic E-state index is 12.1. The minimum absolute atomic E-state index is 0.0126. The van der Waals surface area contributed by atoms with Crippen LogP contribution in [0.5, 0.6) is 0 Å². The highest BCUT2D eigenvalue weighted by Crippen LogP contribution is 2.76. The van der Waals surface area contributed by atoms with E-state index >= 15 is 0 Å². The third-order valence-corrected chi connectivity index (χ3v) is 14.5. The van der Waals surface area contributed by atoms with Gasteiger partial charge < -0.3 is 40.1 Å². The van der Waals surface area contributed by atoms with Crippen LogP contribution in [0.25, 0.3) is 0 Å². The highest BCUT2D eigenvalue weighted by molar-refractivity contribution is 5.20. The van der Waals surface area contributed by atoms with E-state index in [0.29, 0.717) is 12.3 Å². The van der Waals surface area contributed by atoms with Crippen molar-refractivity contribution in [3.63, 3.8) is 0 Å². The smallest absolute Gasteiger partial charge is 0.186 e. The van der Waals surface area contributed by atoms with Crippen LogP contribution in [-0.2, 0) is 9.47 Å². The number of hydrogen-bond acceptors (Lipinski definition) is 8. The number of fused-ring (bicyclic) bond motifs is 5. The highest BCUT2D eigenvalue weighted by Gasteiger charge is 2.72. The van der Waals surface area contributed by atoms with Gasteiger partial charge in [-0.2, -0.15) is 0 Å². The van der Waals surface area contributed by atoms with E-state index in [-0.39, 0.29) is 51.6 Å². The Kier molecular flexibility index (Phi) is 9.35. The Bertz CT molecular complexity index is 1070. The molecule has 1 saturated heterocycles. The second kappa shape index (κ2) is 11.8. The summed E-state index contributed by atoms with van der Waals surface area (Å²) in [6.07, 6.45) is 2.67. The summed E-state index contributed by atoms with van der Waals surface area (Å²) in [6.45, 7) is 17.4. The van der Waals surface area contributed by atoms with E-state index in [0.717, 1.165) is 51.4 Å². The first-order valence-electron chi connectivity index (χ1n) is 17.3. The van der Waals surface area contributed by atoms with Gasteiger partial charge in [0.2, 0.25) is 0 Å². The number of rotatable bonds is 7. The van der Waals surface area contributed by atoms with E-state index in [1.165, 1.54) is 5.57 Å². The molecule has 0 aromatic heterocycles. The minimum Gasteiger partial charge on any atom is -0.394 e. The Balaban J connectivity index is 1.55. The van der Waals surface area contributed by atoms with Crippen LogP contribution >= 0.6 is 0 Å². The minimum atomic E-state index is -1.50. The third-order valence-electron chi connectivity index (χ3n) is 14.5. The van der Waals surface area contributed by atoms with Crippen molar-refractivity contribution in [3.8, 4) is 0 Å². The lowest BCUT2D eigenvalue weighted by Crippen LogP contribution is -2.67. The number of hydrogen-bond donors (Lipinski definition) is 6. The molecule has 0 unspecified atom stereocenters. The molecule has 15 atom stereocenters. The molecular formula is C36H62O8. The topological polar surface area (TPSA) is 140 Å². The monoisotopic (exact) mass is 622 g/mol. The summed E-state index contributed by atoms with van der Waals surface area (Å²) in [5.74, 6) is 0.598. The van der Waals surface area contributed by atoms with Crippen molar-refractivity contribution >= 4 is 0 Å². The fourth-order valence-electron chi connectivity index (χ4n) is 11.7. The Morgan fingerprint density at radius 3 is 2.18 bits per heavy atom. The van der Waals surface area contributed by atoms with Crippen LogP contribution in [0.4, 0.5) is 0 Å². The third kappa shape index (κ3) is 5.26. The molecule has 1 heterocycles. The van der Waals surface area contributed by atoms with E-state index < -0.39 is 42.9 Å². The molecule has 0 bridgehead atoms. The van der Waals surface area contributed by atoms with Crippen LogP contribution in [-0.4, -0.2) is 85.8 Å². The zero-order chi connectivity index (χ0) is 32.6. The van der Waals surface area contributed by atoms with Crippen LogP contribution < -0.4 is 0 Å². The van der Waals surface area contributed by atoms with Crippen molar-refractivity contribution in [2.24, 2.45) is 45.3 Å². The molecule has 6 N–H and O–H groups in total.